The average Bonchev–Trinajstić information content (AvgIpc) is 3.02. The molecule has 0 amide bonds. The van der Waals surface area contributed by atoms with E-state index in [2.05, 4.69) is 4.98 Å². The molecular weight excluding hydrogens is 260 g/mol. The zero-order valence-electron chi connectivity index (χ0n) is 10.4. The van der Waals surface area contributed by atoms with Crippen molar-refractivity contribution >= 4 is 11.3 Å². The molecule has 96 valence electrons. The molecule has 0 aromatic carbocycles. The first-order valence-corrected chi connectivity index (χ1v) is 6.82. The molecule has 0 aliphatic heterocycles. The summed E-state index contributed by atoms with van der Waals surface area (Å²) in [6.07, 6.45) is 1.75. The van der Waals surface area contributed by atoms with E-state index in [4.69, 9.17) is 4.42 Å². The Morgan fingerprint density at radius 2 is 2.26 bits per heavy atom. The molecule has 0 N–H and O–H groups in total. The van der Waals surface area contributed by atoms with Crippen LogP contribution >= 0.6 is 11.3 Å². The molecule has 3 rings (SSSR count). The largest absolute Gasteiger partial charge is 0.441 e. The third-order valence-corrected chi connectivity index (χ3v) is 3.56. The van der Waals surface area contributed by atoms with Crippen molar-refractivity contribution in [2.75, 3.05) is 0 Å². The Kier molecular flexibility index (Phi) is 3.05. The van der Waals surface area contributed by atoms with E-state index in [1.54, 1.807) is 28.2 Å². The van der Waals surface area contributed by atoms with Crippen LogP contribution in [0.3, 0.4) is 0 Å². The highest BCUT2D eigenvalue weighted by atomic mass is 32.1. The minimum absolute atomic E-state index is 0.0398. The Labute approximate surface area is 114 Å². The number of pyridine rings is 1. The van der Waals surface area contributed by atoms with Crippen LogP contribution < -0.4 is 5.56 Å². The first-order valence-electron chi connectivity index (χ1n) is 5.88. The molecule has 3 aromatic heterocycles. The van der Waals surface area contributed by atoms with Crippen molar-refractivity contribution in [3.8, 4) is 11.5 Å². The van der Waals surface area contributed by atoms with Crippen LogP contribution in [0.25, 0.3) is 11.5 Å². The number of hydrogen-bond acceptors (Lipinski definition) is 4. The molecule has 0 radical (unpaired) electrons. The second-order valence-electron chi connectivity index (χ2n) is 4.20. The molecule has 0 bridgehead atoms. The van der Waals surface area contributed by atoms with Gasteiger partial charge in [0.2, 0.25) is 5.89 Å². The highest BCUT2D eigenvalue weighted by Crippen LogP contribution is 2.23. The van der Waals surface area contributed by atoms with Crippen LogP contribution in [0.4, 0.5) is 0 Å². The fourth-order valence-corrected chi connectivity index (χ4v) is 2.47. The van der Waals surface area contributed by atoms with E-state index in [0.717, 1.165) is 17.0 Å². The second-order valence-corrected chi connectivity index (χ2v) is 4.98. The molecule has 0 aliphatic carbocycles. The quantitative estimate of drug-likeness (QED) is 0.736. The second kappa shape index (κ2) is 4.85. The van der Waals surface area contributed by atoms with Crippen molar-refractivity contribution in [2.45, 2.75) is 13.5 Å². The predicted octanol–water partition coefficient (Wildman–Crippen LogP) is 2.92. The lowest BCUT2D eigenvalue weighted by Gasteiger charge is -2.01. The van der Waals surface area contributed by atoms with Crippen LogP contribution in [0.1, 0.15) is 11.5 Å². The number of nitrogens with zero attached hydrogens (tertiary/aromatic N) is 2. The van der Waals surface area contributed by atoms with E-state index in [-0.39, 0.29) is 5.56 Å². The SMILES string of the molecule is Cc1oc(-c2ccsc2)nc1Cn1ccccc1=O. The molecule has 0 saturated carbocycles. The van der Waals surface area contributed by atoms with Gasteiger partial charge in [0.25, 0.3) is 5.56 Å². The monoisotopic (exact) mass is 272 g/mol. The van der Waals surface area contributed by atoms with Gasteiger partial charge in [-0.25, -0.2) is 4.98 Å². The van der Waals surface area contributed by atoms with Crippen molar-refractivity contribution in [3.05, 3.63) is 63.0 Å². The van der Waals surface area contributed by atoms with Crippen molar-refractivity contribution in [3.63, 3.8) is 0 Å². The molecule has 5 heteroatoms. The molecule has 0 saturated heterocycles. The van der Waals surface area contributed by atoms with E-state index in [0.29, 0.717) is 12.4 Å². The highest BCUT2D eigenvalue weighted by molar-refractivity contribution is 7.08. The first kappa shape index (κ1) is 11.9. The number of aromatic nitrogens is 2. The normalized spacial score (nSPS) is 10.8. The lowest BCUT2D eigenvalue weighted by Crippen LogP contribution is -2.18. The Balaban J connectivity index is 1.94. The third kappa shape index (κ3) is 2.37. The van der Waals surface area contributed by atoms with Crippen LogP contribution in [-0.4, -0.2) is 9.55 Å². The lowest BCUT2D eigenvalue weighted by atomic mass is 10.3. The van der Waals surface area contributed by atoms with E-state index >= 15 is 0 Å². The standard InChI is InChI=1S/C14H12N2O2S/c1-10-12(8-16-6-3-2-4-13(16)17)15-14(18-10)11-5-7-19-9-11/h2-7,9H,8H2,1H3. The number of aryl methyl sites for hydroxylation is 1. The summed E-state index contributed by atoms with van der Waals surface area (Å²) in [6, 6.07) is 7.06. The molecule has 0 fully saturated rings. The summed E-state index contributed by atoms with van der Waals surface area (Å²) in [7, 11) is 0. The van der Waals surface area contributed by atoms with Crippen molar-refractivity contribution in [1.29, 1.82) is 0 Å². The van der Waals surface area contributed by atoms with Crippen LogP contribution in [0.5, 0.6) is 0 Å². The molecule has 0 aliphatic rings. The molecule has 0 unspecified atom stereocenters. The van der Waals surface area contributed by atoms with Crippen LogP contribution in [-0.2, 0) is 6.54 Å². The summed E-state index contributed by atoms with van der Waals surface area (Å²) in [5, 5.41) is 3.97. The van der Waals surface area contributed by atoms with Gasteiger partial charge in [-0.05, 0) is 24.4 Å². The van der Waals surface area contributed by atoms with Gasteiger partial charge in [-0.2, -0.15) is 11.3 Å². The maximum atomic E-state index is 11.7. The van der Waals surface area contributed by atoms with Gasteiger partial charge in [0.15, 0.2) is 0 Å². The van der Waals surface area contributed by atoms with E-state index < -0.39 is 0 Å². The zero-order valence-corrected chi connectivity index (χ0v) is 11.2. The summed E-state index contributed by atoms with van der Waals surface area (Å²) in [5.74, 6) is 1.36. The van der Waals surface area contributed by atoms with Crippen LogP contribution in [0.15, 0.2) is 50.4 Å². The minimum atomic E-state index is -0.0398. The Hall–Kier alpha value is -2.14. The summed E-state index contributed by atoms with van der Waals surface area (Å²) in [4.78, 5) is 16.1. The van der Waals surface area contributed by atoms with E-state index in [9.17, 15) is 4.79 Å². The van der Waals surface area contributed by atoms with Gasteiger partial charge in [0.05, 0.1) is 6.54 Å². The first-order chi connectivity index (χ1) is 9.24. The average molecular weight is 272 g/mol. The molecule has 0 spiro atoms. The van der Waals surface area contributed by atoms with Gasteiger partial charge in [0, 0.05) is 23.2 Å². The fraction of sp³-hybridized carbons (Fsp3) is 0.143. The van der Waals surface area contributed by atoms with Gasteiger partial charge < -0.3 is 8.98 Å². The number of hydrogen-bond donors (Lipinski definition) is 0. The van der Waals surface area contributed by atoms with E-state index in [1.807, 2.05) is 29.8 Å². The number of thiophene rings is 1. The van der Waals surface area contributed by atoms with Crippen molar-refractivity contribution < 1.29 is 4.42 Å². The molecule has 0 atom stereocenters. The van der Waals surface area contributed by atoms with Gasteiger partial charge in [0.1, 0.15) is 11.5 Å². The minimum Gasteiger partial charge on any atom is -0.441 e. The van der Waals surface area contributed by atoms with Crippen LogP contribution in [0.2, 0.25) is 0 Å². The molecule has 4 nitrogen and oxygen atoms in total. The highest BCUT2D eigenvalue weighted by Gasteiger charge is 2.12. The molecule has 3 heterocycles. The Morgan fingerprint density at radius 1 is 1.37 bits per heavy atom. The Morgan fingerprint density at radius 3 is 3.00 bits per heavy atom. The van der Waals surface area contributed by atoms with E-state index in [1.165, 1.54) is 6.07 Å². The fourth-order valence-electron chi connectivity index (χ4n) is 1.84. The van der Waals surface area contributed by atoms with Gasteiger partial charge in [-0.3, -0.25) is 4.79 Å². The van der Waals surface area contributed by atoms with Crippen molar-refractivity contribution in [1.82, 2.24) is 9.55 Å². The van der Waals surface area contributed by atoms with Gasteiger partial charge in [-0.1, -0.05) is 6.07 Å². The topological polar surface area (TPSA) is 48.0 Å². The maximum Gasteiger partial charge on any atom is 0.250 e. The maximum absolute atomic E-state index is 11.7. The van der Waals surface area contributed by atoms with Crippen molar-refractivity contribution in [2.24, 2.45) is 0 Å². The smallest absolute Gasteiger partial charge is 0.250 e. The van der Waals surface area contributed by atoms with Crippen LogP contribution in [0, 0.1) is 6.92 Å². The van der Waals surface area contributed by atoms with Gasteiger partial charge >= 0.3 is 0 Å². The van der Waals surface area contributed by atoms with Gasteiger partial charge in [-0.15, -0.1) is 0 Å². The molecular formula is C14H12N2O2S. The number of rotatable bonds is 3. The molecule has 19 heavy (non-hydrogen) atoms. The zero-order chi connectivity index (χ0) is 13.2. The lowest BCUT2D eigenvalue weighted by molar-refractivity contribution is 0.537. The summed E-state index contributed by atoms with van der Waals surface area (Å²) >= 11 is 1.60. The Bertz CT molecular complexity index is 741. The molecule has 3 aromatic rings. The summed E-state index contributed by atoms with van der Waals surface area (Å²) < 4.78 is 7.26. The number of oxazole rings is 1. The summed E-state index contributed by atoms with van der Waals surface area (Å²) in [5.41, 5.74) is 1.72. The third-order valence-electron chi connectivity index (χ3n) is 2.88. The predicted molar refractivity (Wildman–Crippen MR) is 74.4 cm³/mol. The summed E-state index contributed by atoms with van der Waals surface area (Å²) in [6.45, 7) is 2.30.